The van der Waals surface area contributed by atoms with Crippen LogP contribution in [0.5, 0.6) is 0 Å². The minimum atomic E-state index is -0.519. The molecule has 0 saturated carbocycles. The summed E-state index contributed by atoms with van der Waals surface area (Å²) >= 11 is 6.27. The third kappa shape index (κ3) is 9.18. The number of nitrogens with one attached hydrogen (secondary N) is 2. The molecule has 0 spiro atoms. The van der Waals surface area contributed by atoms with E-state index in [9.17, 15) is 9.90 Å². The number of halogens is 3. The summed E-state index contributed by atoms with van der Waals surface area (Å²) in [5, 5.41) is 17.1. The largest absolute Gasteiger partial charge is 0.387 e. The summed E-state index contributed by atoms with van der Waals surface area (Å²) < 4.78 is 1.94. The van der Waals surface area contributed by atoms with Gasteiger partial charge in [0.25, 0.3) is 0 Å². The van der Waals surface area contributed by atoms with Crippen molar-refractivity contribution in [3.63, 3.8) is 0 Å². The Bertz CT molecular complexity index is 1230. The molecule has 0 fully saturated rings. The van der Waals surface area contributed by atoms with Crippen LogP contribution in [0.15, 0.2) is 91.3 Å². The Morgan fingerprint density at radius 1 is 0.973 bits per heavy atom. The Kier molecular flexibility index (Phi) is 12.6. The SMILES string of the molecule is Cl.Cl.O=C(Cc1nccn1Cc1ccccc1Cl)Nc1ccc(CCNC[C@H](O)c2ccccc2)cc1. The average molecular weight is 562 g/mol. The molecule has 0 bridgehead atoms. The fraction of sp³-hybridized carbons (Fsp3) is 0.214. The van der Waals surface area contributed by atoms with Gasteiger partial charge in [-0.15, -0.1) is 24.8 Å². The van der Waals surface area contributed by atoms with Gasteiger partial charge in [-0.1, -0.05) is 72.3 Å². The number of amides is 1. The van der Waals surface area contributed by atoms with Crippen LogP contribution in [-0.4, -0.2) is 33.7 Å². The van der Waals surface area contributed by atoms with Crippen molar-refractivity contribution in [2.75, 3.05) is 18.4 Å². The van der Waals surface area contributed by atoms with Crippen molar-refractivity contribution in [1.82, 2.24) is 14.9 Å². The molecule has 1 amide bonds. The number of aromatic nitrogens is 2. The molecular weight excluding hydrogens is 531 g/mol. The van der Waals surface area contributed by atoms with Crippen molar-refractivity contribution >= 4 is 48.0 Å². The number of hydrogen-bond donors (Lipinski definition) is 3. The Morgan fingerprint density at radius 2 is 1.68 bits per heavy atom. The van der Waals surface area contributed by atoms with Gasteiger partial charge in [-0.25, -0.2) is 4.98 Å². The number of aliphatic hydroxyl groups is 1. The summed E-state index contributed by atoms with van der Waals surface area (Å²) in [6.45, 7) is 1.82. The van der Waals surface area contributed by atoms with Crippen molar-refractivity contribution in [1.29, 1.82) is 0 Å². The van der Waals surface area contributed by atoms with Crippen LogP contribution in [-0.2, 0) is 24.2 Å². The first-order valence-corrected chi connectivity index (χ1v) is 12.0. The van der Waals surface area contributed by atoms with E-state index in [-0.39, 0.29) is 37.1 Å². The van der Waals surface area contributed by atoms with E-state index in [4.69, 9.17) is 11.6 Å². The van der Waals surface area contributed by atoms with E-state index >= 15 is 0 Å². The van der Waals surface area contributed by atoms with Gasteiger partial charge in [0.1, 0.15) is 5.82 Å². The normalized spacial score (nSPS) is 11.2. The van der Waals surface area contributed by atoms with Gasteiger partial charge >= 0.3 is 0 Å². The molecule has 0 aliphatic rings. The van der Waals surface area contributed by atoms with Gasteiger partial charge in [0.05, 0.1) is 19.1 Å². The molecular formula is C28H31Cl3N4O2. The lowest BCUT2D eigenvalue weighted by Gasteiger charge is -2.12. The van der Waals surface area contributed by atoms with E-state index in [1.54, 1.807) is 6.20 Å². The molecule has 3 aromatic carbocycles. The van der Waals surface area contributed by atoms with Gasteiger partial charge in [-0.2, -0.15) is 0 Å². The molecule has 6 nitrogen and oxygen atoms in total. The first-order valence-electron chi connectivity index (χ1n) is 11.6. The third-order valence-electron chi connectivity index (χ3n) is 5.77. The van der Waals surface area contributed by atoms with Crippen molar-refractivity contribution in [3.8, 4) is 0 Å². The van der Waals surface area contributed by atoms with Crippen LogP contribution < -0.4 is 10.6 Å². The predicted molar refractivity (Wildman–Crippen MR) is 154 cm³/mol. The Hall–Kier alpha value is -2.87. The number of carbonyl (C=O) groups is 1. The number of imidazole rings is 1. The molecule has 37 heavy (non-hydrogen) atoms. The topological polar surface area (TPSA) is 79.2 Å². The molecule has 1 atom stereocenters. The Balaban J connectivity index is 0.00000241. The zero-order chi connectivity index (χ0) is 24.5. The number of hydrogen-bond acceptors (Lipinski definition) is 4. The number of nitrogens with zero attached hydrogens (tertiary/aromatic N) is 2. The van der Waals surface area contributed by atoms with E-state index < -0.39 is 6.10 Å². The second-order valence-corrected chi connectivity index (χ2v) is 8.77. The molecule has 0 aliphatic heterocycles. The van der Waals surface area contributed by atoms with Crippen molar-refractivity contribution in [2.24, 2.45) is 0 Å². The number of aliphatic hydroxyl groups excluding tert-OH is 1. The Morgan fingerprint density at radius 3 is 2.41 bits per heavy atom. The summed E-state index contributed by atoms with van der Waals surface area (Å²) in [5.74, 6) is 0.559. The van der Waals surface area contributed by atoms with E-state index in [1.165, 1.54) is 0 Å². The average Bonchev–Trinajstić information content (AvgIpc) is 3.30. The smallest absolute Gasteiger partial charge is 0.231 e. The molecule has 196 valence electrons. The first-order chi connectivity index (χ1) is 17.1. The monoisotopic (exact) mass is 560 g/mol. The van der Waals surface area contributed by atoms with Crippen LogP contribution in [0.1, 0.15) is 28.6 Å². The molecule has 3 N–H and O–H groups in total. The first kappa shape index (κ1) is 30.4. The second kappa shape index (κ2) is 15.4. The summed E-state index contributed by atoms with van der Waals surface area (Å²) in [4.78, 5) is 16.9. The minimum Gasteiger partial charge on any atom is -0.387 e. The summed E-state index contributed by atoms with van der Waals surface area (Å²) in [5.41, 5.74) is 3.79. The molecule has 0 aliphatic carbocycles. The maximum absolute atomic E-state index is 12.6. The maximum Gasteiger partial charge on any atom is 0.231 e. The molecule has 9 heteroatoms. The summed E-state index contributed by atoms with van der Waals surface area (Å²) in [6, 6.07) is 25.1. The van der Waals surface area contributed by atoms with Crippen molar-refractivity contribution in [3.05, 3.63) is 119 Å². The summed E-state index contributed by atoms with van der Waals surface area (Å²) in [6.07, 6.45) is 4.03. The van der Waals surface area contributed by atoms with Crippen LogP contribution in [0.25, 0.3) is 0 Å². The lowest BCUT2D eigenvalue weighted by Crippen LogP contribution is -2.23. The zero-order valence-corrected chi connectivity index (χ0v) is 22.6. The van der Waals surface area contributed by atoms with Crippen molar-refractivity contribution < 1.29 is 9.90 Å². The molecule has 4 rings (SSSR count). The highest BCUT2D eigenvalue weighted by Gasteiger charge is 2.11. The predicted octanol–water partition coefficient (Wildman–Crippen LogP) is 5.48. The Labute approximate surface area is 234 Å². The van der Waals surface area contributed by atoms with Crippen LogP contribution in [0.4, 0.5) is 5.69 Å². The fourth-order valence-electron chi connectivity index (χ4n) is 3.83. The van der Waals surface area contributed by atoms with E-state index in [1.807, 2.05) is 89.6 Å². The lowest BCUT2D eigenvalue weighted by atomic mass is 10.1. The molecule has 0 unspecified atom stereocenters. The second-order valence-electron chi connectivity index (χ2n) is 8.37. The zero-order valence-electron chi connectivity index (χ0n) is 20.2. The minimum absolute atomic E-state index is 0. The molecule has 0 radical (unpaired) electrons. The maximum atomic E-state index is 12.6. The van der Waals surface area contributed by atoms with Gasteiger partial charge in [0.15, 0.2) is 0 Å². The van der Waals surface area contributed by atoms with E-state index in [0.717, 1.165) is 35.3 Å². The molecule has 1 aromatic heterocycles. The van der Waals surface area contributed by atoms with Crippen LogP contribution >= 0.6 is 36.4 Å². The highest BCUT2D eigenvalue weighted by Crippen LogP contribution is 2.17. The van der Waals surface area contributed by atoms with Gasteiger partial charge in [0.2, 0.25) is 5.91 Å². The summed E-state index contributed by atoms with van der Waals surface area (Å²) in [7, 11) is 0. The van der Waals surface area contributed by atoms with Gasteiger partial charge in [-0.05, 0) is 47.9 Å². The quantitative estimate of drug-likeness (QED) is 0.212. The van der Waals surface area contributed by atoms with Crippen LogP contribution in [0.3, 0.4) is 0 Å². The van der Waals surface area contributed by atoms with Crippen molar-refractivity contribution in [2.45, 2.75) is 25.5 Å². The third-order valence-corrected chi connectivity index (χ3v) is 6.14. The number of rotatable bonds is 11. The number of benzene rings is 3. The lowest BCUT2D eigenvalue weighted by molar-refractivity contribution is -0.115. The van der Waals surface area contributed by atoms with Gasteiger partial charge in [-0.3, -0.25) is 4.79 Å². The fourth-order valence-corrected chi connectivity index (χ4v) is 4.02. The number of carbonyl (C=O) groups excluding carboxylic acids is 1. The highest BCUT2D eigenvalue weighted by molar-refractivity contribution is 6.31. The number of anilines is 1. The molecule has 0 saturated heterocycles. The molecule has 4 aromatic rings. The van der Waals surface area contributed by atoms with Gasteiger partial charge in [0, 0.05) is 29.6 Å². The standard InChI is InChI=1S/C28H29ClN4O2.2ClH/c29-25-9-5-4-8-23(25)20-33-17-16-31-27(33)18-28(35)32-24-12-10-21(11-13-24)14-15-30-19-26(34)22-6-2-1-3-7-22;;/h1-13,16-17,26,30,34H,14-15,18-20H2,(H,32,35);2*1H/t26-;;/m0../s1. The van der Waals surface area contributed by atoms with E-state index in [0.29, 0.717) is 23.9 Å². The highest BCUT2D eigenvalue weighted by atomic mass is 35.5. The van der Waals surface area contributed by atoms with Crippen LogP contribution in [0, 0.1) is 0 Å². The van der Waals surface area contributed by atoms with Crippen LogP contribution in [0.2, 0.25) is 5.02 Å². The van der Waals surface area contributed by atoms with E-state index in [2.05, 4.69) is 15.6 Å². The van der Waals surface area contributed by atoms with Gasteiger partial charge < -0.3 is 20.3 Å². The molecule has 1 heterocycles.